The van der Waals surface area contributed by atoms with Gasteiger partial charge in [-0.25, -0.2) is 4.79 Å². The van der Waals surface area contributed by atoms with Crippen LogP contribution in [0.1, 0.15) is 12.0 Å². The molecule has 0 spiro atoms. The molecular formula is C17H18N4O2. The molecule has 0 amide bonds. The first-order chi connectivity index (χ1) is 11.2. The minimum absolute atomic E-state index is 0.244. The summed E-state index contributed by atoms with van der Waals surface area (Å²) in [5.41, 5.74) is 1.62. The summed E-state index contributed by atoms with van der Waals surface area (Å²) in [5, 5.41) is 7.82. The maximum atomic E-state index is 12.2. The van der Waals surface area contributed by atoms with Gasteiger partial charge in [0, 0.05) is 6.42 Å². The number of benzene rings is 2. The van der Waals surface area contributed by atoms with Gasteiger partial charge in [0.1, 0.15) is 5.75 Å². The maximum Gasteiger partial charge on any atom is 0.368 e. The summed E-state index contributed by atoms with van der Waals surface area (Å²) in [6, 6.07) is 17.1. The Bertz CT molecular complexity index is 824. The molecule has 1 aromatic heterocycles. The summed E-state index contributed by atoms with van der Waals surface area (Å²) in [6.45, 7) is 3.01. The lowest BCUT2D eigenvalue weighted by Crippen LogP contribution is -2.25. The fraction of sp³-hybridized carbons (Fsp3) is 0.235. The Hall–Kier alpha value is -2.89. The van der Waals surface area contributed by atoms with E-state index < -0.39 is 0 Å². The highest BCUT2D eigenvalue weighted by Gasteiger charge is 2.08. The topological polar surface area (TPSA) is 61.9 Å². The van der Waals surface area contributed by atoms with Crippen LogP contribution in [0.2, 0.25) is 0 Å². The third kappa shape index (κ3) is 3.66. The molecule has 1 heterocycles. The first-order valence-corrected chi connectivity index (χ1v) is 7.52. The van der Waals surface area contributed by atoms with E-state index in [0.717, 1.165) is 11.3 Å². The third-order valence-electron chi connectivity index (χ3n) is 3.41. The molecule has 0 aliphatic rings. The van der Waals surface area contributed by atoms with Crippen molar-refractivity contribution in [2.24, 2.45) is 0 Å². The summed E-state index contributed by atoms with van der Waals surface area (Å²) in [4.78, 5) is 12.2. The lowest BCUT2D eigenvalue weighted by atomic mass is 10.2. The standard InChI is InChI=1S/C17H18N4O2/c1-14-7-5-10-16(13-14)23-12-6-11-20-17(22)21(19-18-20)15-8-3-2-4-9-15/h2-5,7-10,13H,6,11-12H2,1H3. The second kappa shape index (κ2) is 6.91. The van der Waals surface area contributed by atoms with Gasteiger partial charge in [-0.05, 0) is 47.2 Å². The predicted molar refractivity (Wildman–Crippen MR) is 86.9 cm³/mol. The zero-order valence-corrected chi connectivity index (χ0v) is 12.9. The number of aryl methyl sites for hydroxylation is 2. The van der Waals surface area contributed by atoms with Gasteiger partial charge in [0.25, 0.3) is 0 Å². The van der Waals surface area contributed by atoms with E-state index in [1.54, 1.807) is 0 Å². The average molecular weight is 310 g/mol. The monoisotopic (exact) mass is 310 g/mol. The predicted octanol–water partition coefficient (Wildman–Crippen LogP) is 2.21. The highest BCUT2D eigenvalue weighted by Crippen LogP contribution is 2.12. The van der Waals surface area contributed by atoms with Crippen LogP contribution in [-0.2, 0) is 6.54 Å². The lowest BCUT2D eigenvalue weighted by Gasteiger charge is -2.06. The molecule has 6 nitrogen and oxygen atoms in total. The summed E-state index contributed by atoms with van der Waals surface area (Å²) in [6.07, 6.45) is 0.682. The van der Waals surface area contributed by atoms with Crippen molar-refractivity contribution in [3.63, 3.8) is 0 Å². The number of ether oxygens (including phenoxy) is 1. The second-order valence-electron chi connectivity index (χ2n) is 5.25. The van der Waals surface area contributed by atoms with Crippen LogP contribution in [0.3, 0.4) is 0 Å². The minimum Gasteiger partial charge on any atom is -0.494 e. The minimum atomic E-state index is -0.244. The Morgan fingerprint density at radius 2 is 1.87 bits per heavy atom. The van der Waals surface area contributed by atoms with Crippen molar-refractivity contribution in [2.45, 2.75) is 19.9 Å². The van der Waals surface area contributed by atoms with Crippen LogP contribution in [0.5, 0.6) is 5.75 Å². The Kier molecular flexibility index (Phi) is 4.52. The van der Waals surface area contributed by atoms with Gasteiger partial charge in [-0.15, -0.1) is 0 Å². The van der Waals surface area contributed by atoms with Crippen LogP contribution < -0.4 is 10.4 Å². The number of nitrogens with zero attached hydrogens (tertiary/aromatic N) is 4. The lowest BCUT2D eigenvalue weighted by molar-refractivity contribution is 0.297. The zero-order valence-electron chi connectivity index (χ0n) is 12.9. The SMILES string of the molecule is Cc1cccc(OCCCn2nnn(-c3ccccc3)c2=O)c1. The van der Waals surface area contributed by atoms with Crippen LogP contribution in [-0.4, -0.2) is 26.4 Å². The Morgan fingerprint density at radius 1 is 1.04 bits per heavy atom. The molecule has 23 heavy (non-hydrogen) atoms. The quantitative estimate of drug-likeness (QED) is 0.655. The molecule has 3 aromatic rings. The van der Waals surface area contributed by atoms with E-state index in [2.05, 4.69) is 10.4 Å². The van der Waals surface area contributed by atoms with Gasteiger partial charge in [-0.2, -0.15) is 9.36 Å². The molecule has 0 unspecified atom stereocenters. The summed E-state index contributed by atoms with van der Waals surface area (Å²) < 4.78 is 8.32. The molecule has 0 saturated heterocycles. The molecule has 0 aliphatic heterocycles. The highest BCUT2D eigenvalue weighted by molar-refractivity contribution is 5.29. The molecule has 0 aliphatic carbocycles. The number of hydrogen-bond acceptors (Lipinski definition) is 4. The van der Waals surface area contributed by atoms with Crippen molar-refractivity contribution in [1.82, 2.24) is 19.8 Å². The van der Waals surface area contributed by atoms with Gasteiger partial charge in [0.2, 0.25) is 0 Å². The first-order valence-electron chi connectivity index (χ1n) is 7.52. The first kappa shape index (κ1) is 15.0. The molecule has 118 valence electrons. The summed E-state index contributed by atoms with van der Waals surface area (Å²) in [5.74, 6) is 0.838. The van der Waals surface area contributed by atoms with E-state index in [-0.39, 0.29) is 5.69 Å². The van der Waals surface area contributed by atoms with E-state index in [0.29, 0.717) is 25.3 Å². The van der Waals surface area contributed by atoms with Crippen molar-refractivity contribution in [2.75, 3.05) is 6.61 Å². The number of tetrazole rings is 1. The van der Waals surface area contributed by atoms with Crippen LogP contribution in [0.4, 0.5) is 0 Å². The van der Waals surface area contributed by atoms with E-state index >= 15 is 0 Å². The molecule has 0 atom stereocenters. The fourth-order valence-corrected chi connectivity index (χ4v) is 2.26. The number of hydrogen-bond donors (Lipinski definition) is 0. The molecule has 6 heteroatoms. The molecule has 3 rings (SSSR count). The molecule has 0 bridgehead atoms. The van der Waals surface area contributed by atoms with Gasteiger partial charge >= 0.3 is 5.69 Å². The summed E-state index contributed by atoms with van der Waals surface area (Å²) in [7, 11) is 0. The smallest absolute Gasteiger partial charge is 0.368 e. The van der Waals surface area contributed by atoms with Crippen molar-refractivity contribution in [3.05, 3.63) is 70.6 Å². The van der Waals surface area contributed by atoms with Gasteiger partial charge < -0.3 is 4.74 Å². The molecule has 0 radical (unpaired) electrons. The number of rotatable bonds is 6. The molecule has 0 N–H and O–H groups in total. The zero-order chi connectivity index (χ0) is 16.1. The molecule has 2 aromatic carbocycles. The molecule has 0 saturated carbocycles. The van der Waals surface area contributed by atoms with Crippen molar-refractivity contribution in [3.8, 4) is 11.4 Å². The van der Waals surface area contributed by atoms with Crippen molar-refractivity contribution >= 4 is 0 Å². The number of aromatic nitrogens is 4. The van der Waals surface area contributed by atoms with Crippen molar-refractivity contribution < 1.29 is 4.74 Å². The van der Waals surface area contributed by atoms with Crippen LogP contribution in [0.25, 0.3) is 5.69 Å². The van der Waals surface area contributed by atoms with Gasteiger partial charge in [0.05, 0.1) is 18.8 Å². The third-order valence-corrected chi connectivity index (χ3v) is 3.41. The van der Waals surface area contributed by atoms with Gasteiger partial charge in [-0.1, -0.05) is 30.3 Å². The normalized spacial score (nSPS) is 10.7. The Morgan fingerprint density at radius 3 is 2.65 bits per heavy atom. The van der Waals surface area contributed by atoms with Crippen LogP contribution in [0.15, 0.2) is 59.4 Å². The fourth-order valence-electron chi connectivity index (χ4n) is 2.26. The van der Waals surface area contributed by atoms with Gasteiger partial charge in [-0.3, -0.25) is 0 Å². The van der Waals surface area contributed by atoms with E-state index in [1.807, 2.05) is 61.5 Å². The largest absolute Gasteiger partial charge is 0.494 e. The van der Waals surface area contributed by atoms with Crippen LogP contribution >= 0.6 is 0 Å². The average Bonchev–Trinajstić information content (AvgIpc) is 2.93. The number of para-hydroxylation sites is 1. The summed E-state index contributed by atoms with van der Waals surface area (Å²) >= 11 is 0. The highest BCUT2D eigenvalue weighted by atomic mass is 16.5. The van der Waals surface area contributed by atoms with E-state index in [1.165, 1.54) is 9.36 Å². The van der Waals surface area contributed by atoms with Crippen LogP contribution in [0, 0.1) is 6.92 Å². The molecule has 0 fully saturated rings. The van der Waals surface area contributed by atoms with Gasteiger partial charge in [0.15, 0.2) is 0 Å². The van der Waals surface area contributed by atoms with E-state index in [4.69, 9.17) is 4.74 Å². The van der Waals surface area contributed by atoms with Crippen molar-refractivity contribution in [1.29, 1.82) is 0 Å². The van der Waals surface area contributed by atoms with E-state index in [9.17, 15) is 4.79 Å². The Labute approximate surface area is 133 Å². The molecular weight excluding hydrogens is 292 g/mol. The maximum absolute atomic E-state index is 12.2. The second-order valence-corrected chi connectivity index (χ2v) is 5.25. The Balaban J connectivity index is 1.57.